The van der Waals surface area contributed by atoms with E-state index in [1.807, 2.05) is 10.7 Å². The van der Waals surface area contributed by atoms with Crippen molar-refractivity contribution in [1.82, 2.24) is 14.6 Å². The van der Waals surface area contributed by atoms with Crippen molar-refractivity contribution < 1.29 is 4.79 Å². The summed E-state index contributed by atoms with van der Waals surface area (Å²) in [6.07, 6.45) is 6.05. The van der Waals surface area contributed by atoms with Crippen LogP contribution in [0.4, 0.5) is 5.95 Å². The fourth-order valence-electron chi connectivity index (χ4n) is 2.89. The van der Waals surface area contributed by atoms with Crippen molar-refractivity contribution >= 4 is 33.2 Å². The van der Waals surface area contributed by atoms with Crippen molar-refractivity contribution in [3.8, 4) is 0 Å². The zero-order chi connectivity index (χ0) is 15.7. The van der Waals surface area contributed by atoms with Crippen molar-refractivity contribution in [2.45, 2.75) is 57.9 Å². The Bertz CT molecular complexity index is 687. The number of halogens is 1. The van der Waals surface area contributed by atoms with Gasteiger partial charge in [-0.1, -0.05) is 6.92 Å². The number of fused-ring (bicyclic) bond motifs is 1. The minimum absolute atomic E-state index is 0.340. The minimum Gasteiger partial charge on any atom is -0.351 e. The fraction of sp³-hybridized carbons (Fsp3) is 0.562. The van der Waals surface area contributed by atoms with Gasteiger partial charge in [0.05, 0.1) is 11.7 Å². The first kappa shape index (κ1) is 15.5. The third kappa shape index (κ3) is 3.02. The molecule has 1 unspecified atom stereocenters. The summed E-state index contributed by atoms with van der Waals surface area (Å²) >= 11 is 3.60. The third-order valence-corrected chi connectivity index (χ3v) is 5.08. The minimum atomic E-state index is 0.340. The van der Waals surface area contributed by atoms with E-state index in [2.05, 4.69) is 51.2 Å². The lowest BCUT2D eigenvalue weighted by molar-refractivity contribution is -0.120. The molecule has 1 aliphatic rings. The Morgan fingerprint density at radius 2 is 2.18 bits per heavy atom. The average Bonchev–Trinajstić information content (AvgIpc) is 2.84. The van der Waals surface area contributed by atoms with Gasteiger partial charge in [0.2, 0.25) is 5.95 Å². The molecule has 1 aliphatic carbocycles. The molecule has 0 spiro atoms. The Morgan fingerprint density at radius 3 is 2.86 bits per heavy atom. The topological polar surface area (TPSA) is 59.3 Å². The van der Waals surface area contributed by atoms with E-state index >= 15 is 0 Å². The summed E-state index contributed by atoms with van der Waals surface area (Å²) in [5.74, 6) is 1.42. The lowest BCUT2D eigenvalue weighted by atomic mass is 9.86. The molecule has 0 aromatic carbocycles. The Balaban J connectivity index is 1.95. The molecule has 2 aromatic rings. The van der Waals surface area contributed by atoms with Gasteiger partial charge in [-0.2, -0.15) is 0 Å². The van der Waals surface area contributed by atoms with Crippen LogP contribution in [0.2, 0.25) is 0 Å². The predicted octanol–water partition coefficient (Wildman–Crippen LogP) is 3.93. The number of rotatable bonds is 4. The Labute approximate surface area is 138 Å². The largest absolute Gasteiger partial charge is 0.351 e. The highest BCUT2D eigenvalue weighted by Crippen LogP contribution is 2.34. The number of ketones is 1. The number of aromatic nitrogens is 3. The van der Waals surface area contributed by atoms with Crippen molar-refractivity contribution in [2.24, 2.45) is 0 Å². The maximum Gasteiger partial charge on any atom is 0.241 e. The number of carbonyl (C=O) groups excluding carboxylic acids is 1. The molecule has 0 amide bonds. The van der Waals surface area contributed by atoms with E-state index in [1.54, 1.807) is 0 Å². The van der Waals surface area contributed by atoms with E-state index in [1.165, 1.54) is 5.69 Å². The molecule has 0 aliphatic heterocycles. The van der Waals surface area contributed by atoms with Gasteiger partial charge in [0.15, 0.2) is 0 Å². The van der Waals surface area contributed by atoms with E-state index in [-0.39, 0.29) is 0 Å². The van der Waals surface area contributed by atoms with E-state index in [4.69, 9.17) is 0 Å². The summed E-state index contributed by atoms with van der Waals surface area (Å²) in [5.41, 5.74) is 2.14. The van der Waals surface area contributed by atoms with Crippen LogP contribution in [0.5, 0.6) is 0 Å². The number of nitrogens with zero attached hydrogens (tertiary/aromatic N) is 3. The predicted molar refractivity (Wildman–Crippen MR) is 90.3 cm³/mol. The summed E-state index contributed by atoms with van der Waals surface area (Å²) < 4.78 is 2.98. The van der Waals surface area contributed by atoms with Crippen LogP contribution >= 0.6 is 15.9 Å². The number of hydrogen-bond donors (Lipinski definition) is 1. The van der Waals surface area contributed by atoms with Crippen molar-refractivity contribution in [3.63, 3.8) is 0 Å². The molecule has 1 saturated carbocycles. The summed E-state index contributed by atoms with van der Waals surface area (Å²) in [5, 5.41) is 7.98. The molecule has 1 atom stereocenters. The molecular weight excluding hydrogens is 344 g/mol. The Kier molecular flexibility index (Phi) is 4.47. The van der Waals surface area contributed by atoms with Gasteiger partial charge in [0.1, 0.15) is 5.78 Å². The highest BCUT2D eigenvalue weighted by molar-refractivity contribution is 9.10. The highest BCUT2D eigenvalue weighted by Gasteiger charge is 2.24. The van der Waals surface area contributed by atoms with Gasteiger partial charge in [0, 0.05) is 35.0 Å². The molecule has 1 N–H and O–H groups in total. The van der Waals surface area contributed by atoms with E-state index in [0.717, 1.165) is 29.3 Å². The molecule has 1 fully saturated rings. The normalized spacial score (nSPS) is 17.9. The highest BCUT2D eigenvalue weighted by atomic mass is 79.9. The van der Waals surface area contributed by atoms with Gasteiger partial charge in [0.25, 0.3) is 0 Å². The molecule has 2 aromatic heterocycles. The summed E-state index contributed by atoms with van der Waals surface area (Å²) in [6.45, 7) is 4.25. The summed E-state index contributed by atoms with van der Waals surface area (Å²) in [6, 6.07) is 2.46. The van der Waals surface area contributed by atoms with Gasteiger partial charge in [-0.15, -0.1) is 5.10 Å². The molecule has 0 saturated heterocycles. The Hall–Kier alpha value is -1.43. The first-order chi connectivity index (χ1) is 10.6. The van der Waals surface area contributed by atoms with Crippen LogP contribution in [0.15, 0.2) is 16.7 Å². The first-order valence-electron chi connectivity index (χ1n) is 7.91. The van der Waals surface area contributed by atoms with Gasteiger partial charge in [-0.3, -0.25) is 4.79 Å². The summed E-state index contributed by atoms with van der Waals surface area (Å²) in [4.78, 5) is 15.9. The van der Waals surface area contributed by atoms with Gasteiger partial charge < -0.3 is 5.32 Å². The van der Waals surface area contributed by atoms with Crippen LogP contribution in [0.3, 0.4) is 0 Å². The second-order valence-electron chi connectivity index (χ2n) is 6.06. The molecule has 0 bridgehead atoms. The van der Waals surface area contributed by atoms with E-state index in [9.17, 15) is 4.79 Å². The van der Waals surface area contributed by atoms with E-state index in [0.29, 0.717) is 36.5 Å². The molecule has 0 radical (unpaired) electrons. The van der Waals surface area contributed by atoms with Crippen LogP contribution in [-0.2, 0) is 4.79 Å². The first-order valence-corrected chi connectivity index (χ1v) is 8.70. The van der Waals surface area contributed by atoms with Crippen molar-refractivity contribution in [2.75, 3.05) is 5.32 Å². The average molecular weight is 365 g/mol. The zero-order valence-corrected chi connectivity index (χ0v) is 14.6. The molecule has 22 heavy (non-hydrogen) atoms. The van der Waals surface area contributed by atoms with Crippen LogP contribution < -0.4 is 5.32 Å². The lowest BCUT2D eigenvalue weighted by Gasteiger charge is -2.20. The van der Waals surface area contributed by atoms with Gasteiger partial charge >= 0.3 is 0 Å². The number of nitrogens with one attached hydrogen (secondary N) is 1. The fourth-order valence-corrected chi connectivity index (χ4v) is 3.40. The van der Waals surface area contributed by atoms with Crippen molar-refractivity contribution in [3.05, 3.63) is 22.4 Å². The zero-order valence-electron chi connectivity index (χ0n) is 13.0. The number of carbonyl (C=O) groups is 1. The monoisotopic (exact) mass is 364 g/mol. The molecule has 5 nitrogen and oxygen atoms in total. The molecule has 6 heteroatoms. The molecular formula is C16H21BrN4O. The second kappa shape index (κ2) is 6.36. The van der Waals surface area contributed by atoms with Crippen molar-refractivity contribution in [1.29, 1.82) is 0 Å². The SMILES string of the molecule is CCC(C)Nc1ncc2c(Br)cc(C3CCC(=O)CC3)n2n1. The van der Waals surface area contributed by atoms with Crippen LogP contribution in [0.25, 0.3) is 5.52 Å². The van der Waals surface area contributed by atoms with Crippen LogP contribution in [-0.4, -0.2) is 26.4 Å². The maximum absolute atomic E-state index is 11.5. The third-order valence-electron chi connectivity index (χ3n) is 4.45. The summed E-state index contributed by atoms with van der Waals surface area (Å²) in [7, 11) is 0. The Morgan fingerprint density at radius 1 is 1.45 bits per heavy atom. The van der Waals surface area contributed by atoms with Crippen LogP contribution in [0, 0.1) is 0 Å². The molecule has 118 valence electrons. The number of anilines is 1. The molecule has 3 rings (SSSR count). The standard InChI is InChI=1S/C16H21BrN4O/c1-3-10(2)19-16-18-9-15-13(17)8-14(21(15)20-16)11-4-6-12(22)7-5-11/h8-11H,3-7H2,1-2H3,(H,19,20). The van der Waals surface area contributed by atoms with Crippen LogP contribution in [0.1, 0.15) is 57.6 Å². The maximum atomic E-state index is 11.5. The molecule has 2 heterocycles. The smallest absolute Gasteiger partial charge is 0.241 e. The van der Waals surface area contributed by atoms with Gasteiger partial charge in [-0.05, 0) is 48.2 Å². The van der Waals surface area contributed by atoms with Gasteiger partial charge in [-0.25, -0.2) is 9.50 Å². The second-order valence-corrected chi connectivity index (χ2v) is 6.92. The number of hydrogen-bond acceptors (Lipinski definition) is 4. The number of Topliss-reactive ketones (excluding diaryl/α,β-unsaturated/α-hetero) is 1. The van der Waals surface area contributed by atoms with E-state index < -0.39 is 0 Å². The quantitative estimate of drug-likeness (QED) is 0.892. The lowest BCUT2D eigenvalue weighted by Crippen LogP contribution is -2.18.